The third-order valence-electron chi connectivity index (χ3n) is 10.4. The molecular weight excluding hydrogens is 851 g/mol. The number of hydrogen-bond acceptors (Lipinski definition) is 10. The number of nitrogens with one attached hydrogen (secondary N) is 3. The Hall–Kier alpha value is -7.68. The number of hydrogen-bond donors (Lipinski definition) is 6. The van der Waals surface area contributed by atoms with E-state index in [1.807, 2.05) is 6.92 Å². The van der Waals surface area contributed by atoms with Gasteiger partial charge in [-0.1, -0.05) is 29.3 Å². The summed E-state index contributed by atoms with van der Waals surface area (Å²) in [7, 11) is 1.75. The summed E-state index contributed by atoms with van der Waals surface area (Å²) in [6.45, 7) is 2.17. The fraction of sp³-hybridized carbons (Fsp3) is 0.106. The van der Waals surface area contributed by atoms with Gasteiger partial charge in [0.05, 0.1) is 32.1 Å². The van der Waals surface area contributed by atoms with Gasteiger partial charge in [-0.05, 0) is 79.2 Å². The summed E-state index contributed by atoms with van der Waals surface area (Å²) in [5.74, 6) is -3.70. The van der Waals surface area contributed by atoms with Crippen molar-refractivity contribution in [2.24, 2.45) is 4.99 Å². The van der Waals surface area contributed by atoms with Crippen LogP contribution >= 0.6 is 23.2 Å². The van der Waals surface area contributed by atoms with Crippen LogP contribution in [-0.2, 0) is 0 Å². The minimum Gasteiger partial charge on any atom is -0.508 e. The molecule has 4 aromatic rings. The first-order valence-electron chi connectivity index (χ1n) is 19.4. The third-order valence-corrected chi connectivity index (χ3v) is 11.1. The minimum atomic E-state index is -1.43. The number of aromatic hydroxyl groups is 1. The number of fused-ring (bicyclic) bond motifs is 4. The van der Waals surface area contributed by atoms with E-state index in [0.717, 1.165) is 5.69 Å². The van der Waals surface area contributed by atoms with Crippen molar-refractivity contribution in [2.75, 3.05) is 32.0 Å². The lowest BCUT2D eigenvalue weighted by atomic mass is 9.89. The van der Waals surface area contributed by atoms with Gasteiger partial charge in [0.1, 0.15) is 28.4 Å². The molecule has 2 amide bonds. The van der Waals surface area contributed by atoms with E-state index in [1.165, 1.54) is 54.6 Å². The van der Waals surface area contributed by atoms with Crippen LogP contribution in [0.5, 0.6) is 5.75 Å². The Balaban J connectivity index is 1.05. The highest BCUT2D eigenvalue weighted by atomic mass is 35.5. The summed E-state index contributed by atoms with van der Waals surface area (Å²) in [6, 6.07) is 24.5. The van der Waals surface area contributed by atoms with Gasteiger partial charge in [-0.2, -0.15) is 0 Å². The van der Waals surface area contributed by atoms with Crippen molar-refractivity contribution in [1.82, 2.24) is 10.6 Å². The molecule has 2 aliphatic carbocycles. The van der Waals surface area contributed by atoms with Crippen molar-refractivity contribution in [3.05, 3.63) is 145 Å². The first-order chi connectivity index (χ1) is 30.3. The molecule has 0 fully saturated rings. The van der Waals surface area contributed by atoms with E-state index < -0.39 is 29.3 Å². The summed E-state index contributed by atoms with van der Waals surface area (Å²) >= 11 is 13.7. The highest BCUT2D eigenvalue weighted by Crippen LogP contribution is 2.47. The monoisotopic (exact) mass is 884 g/mol. The average Bonchev–Trinajstić information content (AvgIpc) is 3.26. The number of anilines is 1. The van der Waals surface area contributed by atoms with Crippen molar-refractivity contribution >= 4 is 74.6 Å². The van der Waals surface area contributed by atoms with E-state index in [1.54, 1.807) is 49.5 Å². The fourth-order valence-corrected chi connectivity index (χ4v) is 8.21. The van der Waals surface area contributed by atoms with Crippen LogP contribution in [0.15, 0.2) is 116 Å². The van der Waals surface area contributed by atoms with Gasteiger partial charge in [0.2, 0.25) is 0 Å². The fourth-order valence-electron chi connectivity index (χ4n) is 7.60. The average molecular weight is 886 g/mol. The first kappa shape index (κ1) is 42.0. The maximum Gasteiger partial charge on any atom is 0.337 e. The van der Waals surface area contributed by atoms with Crippen LogP contribution in [0.4, 0.5) is 5.69 Å². The summed E-state index contributed by atoms with van der Waals surface area (Å²) in [5.41, 5.74) is 2.31. The molecule has 0 saturated carbocycles. The predicted octanol–water partition coefficient (Wildman–Crippen LogP) is 8.61. The van der Waals surface area contributed by atoms with Gasteiger partial charge in [-0.3, -0.25) is 19.4 Å². The molecule has 0 aromatic heterocycles. The van der Waals surface area contributed by atoms with E-state index in [9.17, 15) is 39.3 Å². The van der Waals surface area contributed by atoms with Crippen molar-refractivity contribution in [1.29, 1.82) is 0 Å². The quantitative estimate of drug-likeness (QED) is 0.0533. The second-order valence-electron chi connectivity index (χ2n) is 14.3. The summed E-state index contributed by atoms with van der Waals surface area (Å²) in [4.78, 5) is 69.2. The molecule has 2 heterocycles. The molecule has 14 nitrogen and oxygen atoms in total. The topological polar surface area (TPSA) is 221 Å². The number of halogens is 2. The second kappa shape index (κ2) is 17.0. The smallest absolute Gasteiger partial charge is 0.337 e. The molecule has 0 bridgehead atoms. The Morgan fingerprint density at radius 2 is 1.32 bits per heavy atom. The molecule has 2 aliphatic heterocycles. The van der Waals surface area contributed by atoms with E-state index in [0.29, 0.717) is 56.3 Å². The SMILES string of the molecule is CC/N=c1\ccc2c(-c3c(Cl)cc(C(=O)NCCNC(=O)c4ccc(-c5c6ccc(=O)cc-6oc6cc(O)ccc56)c(C(=O)O)c4)c(Cl)c3C(=O)O)c3ccc(NC)cc3oc-2c1. The number of carboxylic acids is 2. The highest BCUT2D eigenvalue weighted by Gasteiger charge is 2.30. The standard InChI is InChI=1S/C47H34Cl2N4O10/c1-3-51-24-6-11-31-36(18-24)62-35-17-23(50-2)5-10-30(35)40(31)41-34(48)21-33(43(49)42(41)47(60)61)45(57)53-15-14-52-44(56)22-4-9-27(32(16-22)46(58)59)39-28-12-7-25(54)19-37(28)63-38-20-26(55)8-13-29(38)39/h4-13,16-21,50,54H,3,14-15H2,1-2H3,(H,52,56)(H,53,57)(H,58,59)(H,60,61)/b51-24+. The van der Waals surface area contributed by atoms with E-state index >= 15 is 0 Å². The van der Waals surface area contributed by atoms with Crippen LogP contribution in [0, 0.1) is 0 Å². The Morgan fingerprint density at radius 3 is 2.03 bits per heavy atom. The lowest BCUT2D eigenvalue weighted by Gasteiger charge is -2.20. The molecule has 16 heteroatoms. The largest absolute Gasteiger partial charge is 0.508 e. The number of rotatable bonds is 11. The lowest BCUT2D eigenvalue weighted by molar-refractivity contribution is 0.0686. The van der Waals surface area contributed by atoms with E-state index in [2.05, 4.69) is 20.9 Å². The maximum atomic E-state index is 13.6. The number of benzene rings is 6. The van der Waals surface area contributed by atoms with Gasteiger partial charge in [-0.15, -0.1) is 0 Å². The number of phenols is 1. The Bertz CT molecular complexity index is 3290. The second-order valence-corrected chi connectivity index (χ2v) is 15.0. The van der Waals surface area contributed by atoms with E-state index in [4.69, 9.17) is 32.0 Å². The molecular formula is C47H34Cl2N4O10. The predicted molar refractivity (Wildman–Crippen MR) is 239 cm³/mol. The molecule has 0 spiro atoms. The first-order valence-corrected chi connectivity index (χ1v) is 20.1. The maximum absolute atomic E-state index is 13.6. The molecule has 8 rings (SSSR count). The number of carbonyl (C=O) groups excluding carboxylic acids is 2. The van der Waals surface area contributed by atoms with Gasteiger partial charge in [0, 0.05) is 101 Å². The van der Waals surface area contributed by atoms with E-state index in [-0.39, 0.29) is 73.5 Å². The summed E-state index contributed by atoms with van der Waals surface area (Å²) in [5, 5.41) is 40.6. The molecule has 63 heavy (non-hydrogen) atoms. The zero-order valence-corrected chi connectivity index (χ0v) is 34.8. The summed E-state index contributed by atoms with van der Waals surface area (Å²) in [6.07, 6.45) is 0. The van der Waals surface area contributed by atoms with Crippen LogP contribution < -0.4 is 26.7 Å². The molecule has 316 valence electrons. The molecule has 6 N–H and O–H groups in total. The highest BCUT2D eigenvalue weighted by molar-refractivity contribution is 6.41. The lowest BCUT2D eigenvalue weighted by Crippen LogP contribution is -2.35. The Labute approximate surface area is 366 Å². The Kier molecular flexibility index (Phi) is 11.3. The van der Waals surface area contributed by atoms with Crippen LogP contribution in [-0.4, -0.2) is 65.8 Å². The molecule has 0 saturated heterocycles. The molecule has 0 unspecified atom stereocenters. The number of carbonyl (C=O) groups is 4. The zero-order chi connectivity index (χ0) is 44.7. The molecule has 0 radical (unpaired) electrons. The number of nitrogens with zero attached hydrogens (tertiary/aromatic N) is 1. The van der Waals surface area contributed by atoms with Crippen molar-refractivity contribution < 1.29 is 43.3 Å². The van der Waals surface area contributed by atoms with Crippen molar-refractivity contribution in [2.45, 2.75) is 6.92 Å². The molecule has 4 aliphatic rings. The Morgan fingerprint density at radius 1 is 0.667 bits per heavy atom. The third kappa shape index (κ3) is 7.89. The van der Waals surface area contributed by atoms with Gasteiger partial charge in [0.15, 0.2) is 5.43 Å². The van der Waals surface area contributed by atoms with Crippen LogP contribution in [0.3, 0.4) is 0 Å². The van der Waals surface area contributed by atoms with Crippen molar-refractivity contribution in [3.8, 4) is 50.7 Å². The normalized spacial score (nSPS) is 11.7. The van der Waals surface area contributed by atoms with Crippen LogP contribution in [0.25, 0.3) is 66.8 Å². The van der Waals surface area contributed by atoms with Crippen molar-refractivity contribution in [3.63, 3.8) is 0 Å². The van der Waals surface area contributed by atoms with Crippen LogP contribution in [0.2, 0.25) is 10.0 Å². The zero-order valence-electron chi connectivity index (χ0n) is 33.3. The minimum absolute atomic E-state index is 0.000340. The van der Waals surface area contributed by atoms with Gasteiger partial charge in [0.25, 0.3) is 11.8 Å². The molecule has 0 atom stereocenters. The van der Waals surface area contributed by atoms with Gasteiger partial charge in [-0.25, -0.2) is 9.59 Å². The van der Waals surface area contributed by atoms with Crippen LogP contribution in [0.1, 0.15) is 48.4 Å². The van der Waals surface area contributed by atoms with Gasteiger partial charge < -0.3 is 40.1 Å². The number of carboxylic acid groups (broad SMARTS) is 2. The summed E-state index contributed by atoms with van der Waals surface area (Å²) < 4.78 is 12.2. The number of amides is 2. The number of aromatic carboxylic acids is 2. The molecule has 4 aromatic carbocycles. The number of phenolic OH excluding ortho intramolecular Hbond substituents is 1. The van der Waals surface area contributed by atoms with Gasteiger partial charge >= 0.3 is 11.9 Å².